The van der Waals surface area contributed by atoms with Crippen molar-refractivity contribution in [2.75, 3.05) is 0 Å². The fourth-order valence-corrected chi connectivity index (χ4v) is 2.30. The molecule has 5 heteroatoms. The molecule has 2 aromatic rings. The molecule has 14 heavy (non-hydrogen) atoms. The second-order valence-corrected chi connectivity index (χ2v) is 4.60. The van der Waals surface area contributed by atoms with Gasteiger partial charge in [-0.3, -0.25) is 0 Å². The second kappa shape index (κ2) is 3.86. The van der Waals surface area contributed by atoms with Crippen molar-refractivity contribution >= 4 is 61.6 Å². The number of hydrogen-bond donors (Lipinski definition) is 0. The Morgan fingerprint density at radius 1 is 1.14 bits per heavy atom. The molecule has 1 nitrogen and oxygen atoms in total. The van der Waals surface area contributed by atoms with Crippen LogP contribution in [0.5, 0.6) is 0 Å². The first-order valence-corrected chi connectivity index (χ1v) is 5.62. The van der Waals surface area contributed by atoms with Crippen LogP contribution in [0.4, 0.5) is 0 Å². The third kappa shape index (κ3) is 1.61. The summed E-state index contributed by atoms with van der Waals surface area (Å²) in [5, 5.41) is 2.11. The number of aromatic nitrogens is 1. The number of hydrogen-bond acceptors (Lipinski definition) is 1. The van der Waals surface area contributed by atoms with Crippen molar-refractivity contribution in [3.63, 3.8) is 0 Å². The van der Waals surface area contributed by atoms with Crippen molar-refractivity contribution in [3.8, 4) is 0 Å². The van der Waals surface area contributed by atoms with Crippen molar-refractivity contribution in [2.24, 2.45) is 0 Å². The average Bonchev–Trinajstić information content (AvgIpc) is 2.14. The Morgan fingerprint density at radius 2 is 1.86 bits per heavy atom. The zero-order chi connectivity index (χ0) is 10.3. The number of rotatable bonds is 0. The number of fused-ring (bicyclic) bond motifs is 1. The highest BCUT2D eigenvalue weighted by Gasteiger charge is 2.11. The second-order valence-electron chi connectivity index (χ2n) is 2.66. The summed E-state index contributed by atoms with van der Waals surface area (Å²) in [5.74, 6) is 0. The summed E-state index contributed by atoms with van der Waals surface area (Å²) in [4.78, 5) is 4.15. The first kappa shape index (κ1) is 10.5. The Labute approximate surface area is 104 Å². The van der Waals surface area contributed by atoms with Crippen LogP contribution in [0.3, 0.4) is 0 Å². The van der Waals surface area contributed by atoms with Gasteiger partial charge in [-0.25, -0.2) is 4.98 Å². The van der Waals surface area contributed by atoms with E-state index in [2.05, 4.69) is 20.9 Å². The Bertz CT molecular complexity index is 513. The Morgan fingerprint density at radius 3 is 2.57 bits per heavy atom. The molecule has 0 amide bonds. The highest BCUT2D eigenvalue weighted by molar-refractivity contribution is 9.10. The van der Waals surface area contributed by atoms with E-state index in [0.717, 1.165) is 0 Å². The van der Waals surface area contributed by atoms with E-state index in [1.807, 2.05) is 6.07 Å². The molecule has 1 aromatic heterocycles. The van der Waals surface area contributed by atoms with Crippen molar-refractivity contribution in [1.82, 2.24) is 4.98 Å². The summed E-state index contributed by atoms with van der Waals surface area (Å²) in [5.41, 5.74) is 0.690. The smallest absolute Gasteiger partial charge is 0.145 e. The summed E-state index contributed by atoms with van der Waals surface area (Å²) in [6.45, 7) is 0. The van der Waals surface area contributed by atoms with Crippen LogP contribution in [0, 0.1) is 0 Å². The van der Waals surface area contributed by atoms with Crippen LogP contribution in [0.2, 0.25) is 15.2 Å². The van der Waals surface area contributed by atoms with E-state index < -0.39 is 0 Å². The molecule has 1 aromatic carbocycles. The van der Waals surface area contributed by atoms with Gasteiger partial charge in [0.05, 0.1) is 20.0 Å². The van der Waals surface area contributed by atoms with Crippen LogP contribution in [-0.2, 0) is 0 Å². The van der Waals surface area contributed by atoms with E-state index in [1.165, 1.54) is 0 Å². The summed E-state index contributed by atoms with van der Waals surface area (Å²) in [6, 6.07) is 5.38. The van der Waals surface area contributed by atoms with E-state index in [9.17, 15) is 0 Å². The predicted octanol–water partition coefficient (Wildman–Crippen LogP) is 4.96. The average molecular weight is 311 g/mol. The SMILES string of the molecule is Clc1nc2cccc(Cl)c2c(Cl)c1Br. The Hall–Kier alpha value is -0.0200. The highest BCUT2D eigenvalue weighted by atomic mass is 79.9. The largest absolute Gasteiger partial charge is 0.235 e. The maximum absolute atomic E-state index is 6.08. The quantitative estimate of drug-likeness (QED) is 0.627. The number of pyridine rings is 1. The van der Waals surface area contributed by atoms with Crippen LogP contribution < -0.4 is 0 Å². The lowest BCUT2D eigenvalue weighted by Crippen LogP contribution is -1.84. The van der Waals surface area contributed by atoms with Gasteiger partial charge in [0, 0.05) is 5.39 Å². The molecule has 0 aliphatic heterocycles. The van der Waals surface area contributed by atoms with Crippen LogP contribution >= 0.6 is 50.7 Å². The minimum absolute atomic E-state index is 0.338. The summed E-state index contributed by atoms with van der Waals surface area (Å²) in [6.07, 6.45) is 0. The zero-order valence-electron chi connectivity index (χ0n) is 6.69. The third-order valence-corrected chi connectivity index (χ3v) is 4.00. The van der Waals surface area contributed by atoms with Gasteiger partial charge in [-0.15, -0.1) is 0 Å². The highest BCUT2D eigenvalue weighted by Crippen LogP contribution is 2.37. The molecule has 0 aliphatic rings. The Balaban J connectivity index is 2.99. The fraction of sp³-hybridized carbons (Fsp3) is 0. The molecule has 72 valence electrons. The number of nitrogens with zero attached hydrogens (tertiary/aromatic N) is 1. The fourth-order valence-electron chi connectivity index (χ4n) is 1.18. The van der Waals surface area contributed by atoms with Crippen LogP contribution in [0.1, 0.15) is 0 Å². The molecule has 0 fully saturated rings. The molecule has 0 atom stereocenters. The number of benzene rings is 1. The van der Waals surface area contributed by atoms with E-state index in [4.69, 9.17) is 34.8 Å². The van der Waals surface area contributed by atoms with Crippen LogP contribution in [0.15, 0.2) is 22.7 Å². The minimum Gasteiger partial charge on any atom is -0.235 e. The van der Waals surface area contributed by atoms with E-state index in [1.54, 1.807) is 12.1 Å². The lowest BCUT2D eigenvalue weighted by Gasteiger charge is -2.05. The first-order valence-electron chi connectivity index (χ1n) is 3.70. The van der Waals surface area contributed by atoms with E-state index >= 15 is 0 Å². The summed E-state index contributed by atoms with van der Waals surface area (Å²) >= 11 is 21.2. The number of halogens is 4. The molecular weight excluding hydrogens is 308 g/mol. The molecule has 0 radical (unpaired) electrons. The molecular formula is C9H3BrCl3N. The molecule has 0 aliphatic carbocycles. The van der Waals surface area contributed by atoms with Gasteiger partial charge in [0.25, 0.3) is 0 Å². The third-order valence-electron chi connectivity index (χ3n) is 1.80. The van der Waals surface area contributed by atoms with Crippen LogP contribution in [-0.4, -0.2) is 4.98 Å². The molecule has 0 spiro atoms. The predicted molar refractivity (Wildman–Crippen MR) is 64.5 cm³/mol. The maximum atomic E-state index is 6.08. The van der Waals surface area contributed by atoms with E-state index in [0.29, 0.717) is 30.6 Å². The summed E-state index contributed by atoms with van der Waals surface area (Å²) < 4.78 is 0.571. The molecule has 1 heterocycles. The molecule has 2 rings (SSSR count). The molecule has 0 saturated heterocycles. The van der Waals surface area contributed by atoms with Gasteiger partial charge in [0.2, 0.25) is 0 Å². The normalized spacial score (nSPS) is 10.9. The Kier molecular flexibility index (Phi) is 2.89. The molecule has 0 bridgehead atoms. The standard InChI is InChI=1S/C9H3BrCl3N/c10-7-8(12)6-4(11)2-1-3-5(6)14-9(7)13/h1-3H. The van der Waals surface area contributed by atoms with Crippen molar-refractivity contribution < 1.29 is 0 Å². The minimum atomic E-state index is 0.338. The van der Waals surface area contributed by atoms with Gasteiger partial charge < -0.3 is 0 Å². The van der Waals surface area contributed by atoms with Crippen molar-refractivity contribution in [1.29, 1.82) is 0 Å². The lowest BCUT2D eigenvalue weighted by molar-refractivity contribution is 1.39. The first-order chi connectivity index (χ1) is 6.61. The van der Waals surface area contributed by atoms with Gasteiger partial charge in [-0.1, -0.05) is 40.9 Å². The van der Waals surface area contributed by atoms with Crippen molar-refractivity contribution in [3.05, 3.63) is 37.9 Å². The molecule has 0 N–H and O–H groups in total. The van der Waals surface area contributed by atoms with Gasteiger partial charge in [0.15, 0.2) is 0 Å². The van der Waals surface area contributed by atoms with Crippen molar-refractivity contribution in [2.45, 2.75) is 0 Å². The molecule has 0 saturated carbocycles. The topological polar surface area (TPSA) is 12.9 Å². The monoisotopic (exact) mass is 309 g/mol. The summed E-state index contributed by atoms with van der Waals surface area (Å²) in [7, 11) is 0. The van der Waals surface area contributed by atoms with Gasteiger partial charge in [0.1, 0.15) is 5.15 Å². The van der Waals surface area contributed by atoms with Gasteiger partial charge in [-0.05, 0) is 28.1 Å². The van der Waals surface area contributed by atoms with Gasteiger partial charge >= 0.3 is 0 Å². The van der Waals surface area contributed by atoms with Gasteiger partial charge in [-0.2, -0.15) is 0 Å². The van der Waals surface area contributed by atoms with E-state index in [-0.39, 0.29) is 0 Å². The zero-order valence-corrected chi connectivity index (χ0v) is 10.5. The maximum Gasteiger partial charge on any atom is 0.145 e. The lowest BCUT2D eigenvalue weighted by atomic mass is 10.2. The van der Waals surface area contributed by atoms with Crippen LogP contribution in [0.25, 0.3) is 10.9 Å². The molecule has 0 unspecified atom stereocenters.